The van der Waals surface area contributed by atoms with Crippen molar-refractivity contribution in [3.63, 3.8) is 0 Å². The third-order valence-electron chi connectivity index (χ3n) is 4.26. The van der Waals surface area contributed by atoms with Gasteiger partial charge in [0.25, 0.3) is 0 Å². The molecule has 2 atom stereocenters. The molecule has 0 aromatic heterocycles. The number of benzene rings is 2. The molecule has 0 aliphatic carbocycles. The molecule has 0 spiro atoms. The molecule has 2 rings (SSSR count). The fourth-order valence-corrected chi connectivity index (χ4v) is 4.33. The number of carboxylic acid groups (broad SMARTS) is 2. The Morgan fingerprint density at radius 3 is 2.03 bits per heavy atom. The van der Waals surface area contributed by atoms with E-state index in [0.29, 0.717) is 11.1 Å². The molecule has 0 bridgehead atoms. The predicted octanol–water partition coefficient (Wildman–Crippen LogP) is 1.14. The Hall–Kier alpha value is -3.24. The lowest BCUT2D eigenvalue weighted by molar-refractivity contribution is -0.142. The summed E-state index contributed by atoms with van der Waals surface area (Å²) >= 11 is 0. The molecule has 0 fully saturated rings. The molecule has 0 saturated heterocycles. The zero-order chi connectivity index (χ0) is 21.8. The number of nitrogens with one attached hydrogen (secondary N) is 1. The highest BCUT2D eigenvalue weighted by Gasteiger charge is 2.28. The lowest BCUT2D eigenvalue weighted by Crippen LogP contribution is -2.31. The van der Waals surface area contributed by atoms with Crippen molar-refractivity contribution in [2.24, 2.45) is 5.73 Å². The van der Waals surface area contributed by atoms with Gasteiger partial charge in [-0.2, -0.15) is 0 Å². The van der Waals surface area contributed by atoms with Gasteiger partial charge in [0.15, 0.2) is 5.92 Å². The van der Waals surface area contributed by atoms with Crippen molar-refractivity contribution in [2.75, 3.05) is 0 Å². The number of carbonyl (C=O) groups excluding carboxylic acids is 1. The van der Waals surface area contributed by atoms with Crippen molar-refractivity contribution in [3.8, 4) is 0 Å². The first-order chi connectivity index (χ1) is 13.5. The summed E-state index contributed by atoms with van der Waals surface area (Å²) in [5, 5.41) is 18.3. The van der Waals surface area contributed by atoms with Crippen molar-refractivity contribution in [3.05, 3.63) is 65.2 Å². The van der Waals surface area contributed by atoms with Gasteiger partial charge in [0.1, 0.15) is 0 Å². The molecule has 1 amide bonds. The second-order valence-corrected chi connectivity index (χ2v) is 8.06. The van der Waals surface area contributed by atoms with Crippen LogP contribution in [0.1, 0.15) is 35.1 Å². The van der Waals surface area contributed by atoms with Crippen LogP contribution in [0, 0.1) is 6.92 Å². The van der Waals surface area contributed by atoms with E-state index in [9.17, 15) is 27.9 Å². The smallest absolute Gasteiger partial charge is 0.320 e. The van der Waals surface area contributed by atoms with Crippen LogP contribution in [0.4, 0.5) is 0 Å². The number of nitrogens with two attached hydrogens (primary N) is 1. The summed E-state index contributed by atoms with van der Waals surface area (Å²) in [5.74, 6) is -5.27. The molecular formula is C19H20N2O7S. The quantitative estimate of drug-likeness (QED) is 0.442. The number of carbonyl (C=O) groups is 3. The number of aliphatic carboxylic acids is 2. The molecule has 5 N–H and O–H groups in total. The summed E-state index contributed by atoms with van der Waals surface area (Å²) in [5.41, 5.74) is 6.00. The number of sulfonamides is 1. The van der Waals surface area contributed by atoms with Crippen LogP contribution in [-0.4, -0.2) is 36.5 Å². The van der Waals surface area contributed by atoms with Crippen LogP contribution in [0.2, 0.25) is 0 Å². The third-order valence-corrected chi connectivity index (χ3v) is 5.89. The SMILES string of the molecule is Cc1ccccc1S(=O)(=O)NC(CC(=O)O)c1ccc(C(C(N)=O)C(=O)O)cc1. The van der Waals surface area contributed by atoms with Gasteiger partial charge in [0, 0.05) is 0 Å². The Kier molecular flexibility index (Phi) is 6.72. The van der Waals surface area contributed by atoms with Gasteiger partial charge < -0.3 is 15.9 Å². The van der Waals surface area contributed by atoms with Gasteiger partial charge in [-0.25, -0.2) is 13.1 Å². The Balaban J connectivity index is 2.38. The van der Waals surface area contributed by atoms with Crippen LogP contribution in [0.25, 0.3) is 0 Å². The number of hydrogen-bond donors (Lipinski definition) is 4. The normalized spacial score (nSPS) is 13.4. The number of hydrogen-bond acceptors (Lipinski definition) is 5. The molecule has 154 valence electrons. The Morgan fingerprint density at radius 1 is 1.00 bits per heavy atom. The van der Waals surface area contributed by atoms with Crippen LogP contribution in [0.5, 0.6) is 0 Å². The molecule has 2 aromatic rings. The minimum atomic E-state index is -4.02. The predicted molar refractivity (Wildman–Crippen MR) is 103 cm³/mol. The average Bonchev–Trinajstić information content (AvgIpc) is 2.61. The third kappa shape index (κ3) is 5.39. The molecule has 2 unspecified atom stereocenters. The lowest BCUT2D eigenvalue weighted by Gasteiger charge is -2.19. The summed E-state index contributed by atoms with van der Waals surface area (Å²) in [6.07, 6.45) is -0.539. The van der Waals surface area contributed by atoms with E-state index >= 15 is 0 Å². The Labute approximate surface area is 167 Å². The van der Waals surface area contributed by atoms with E-state index in [1.54, 1.807) is 25.1 Å². The van der Waals surface area contributed by atoms with Gasteiger partial charge in [0.2, 0.25) is 15.9 Å². The zero-order valence-electron chi connectivity index (χ0n) is 15.4. The van der Waals surface area contributed by atoms with Gasteiger partial charge in [-0.3, -0.25) is 14.4 Å². The summed E-state index contributed by atoms with van der Waals surface area (Å²) in [6, 6.07) is 10.5. The second kappa shape index (κ2) is 8.84. The number of amides is 1. The second-order valence-electron chi connectivity index (χ2n) is 6.38. The summed E-state index contributed by atoms with van der Waals surface area (Å²) < 4.78 is 27.8. The average molecular weight is 420 g/mol. The number of rotatable bonds is 9. The fourth-order valence-electron chi connectivity index (χ4n) is 2.86. The van der Waals surface area contributed by atoms with E-state index in [2.05, 4.69) is 4.72 Å². The van der Waals surface area contributed by atoms with Gasteiger partial charge in [-0.15, -0.1) is 0 Å². The van der Waals surface area contributed by atoms with Crippen molar-refractivity contribution in [1.29, 1.82) is 0 Å². The highest BCUT2D eigenvalue weighted by atomic mass is 32.2. The standard InChI is InChI=1S/C19H20N2O7S/c1-11-4-2-3-5-15(11)29(27,28)21-14(10-16(22)23)12-6-8-13(9-7-12)17(18(20)24)19(25)26/h2-9,14,17,21H,10H2,1H3,(H2,20,24)(H,22,23)(H,25,26). The van der Waals surface area contributed by atoms with Crippen LogP contribution in [-0.2, 0) is 24.4 Å². The number of primary amides is 1. The summed E-state index contributed by atoms with van der Waals surface area (Å²) in [7, 11) is -4.02. The van der Waals surface area contributed by atoms with E-state index in [0.717, 1.165) is 0 Å². The van der Waals surface area contributed by atoms with E-state index in [-0.39, 0.29) is 10.5 Å². The monoisotopic (exact) mass is 420 g/mol. The number of aryl methyl sites for hydroxylation is 1. The summed E-state index contributed by atoms with van der Waals surface area (Å²) in [4.78, 5) is 33.8. The Morgan fingerprint density at radius 2 is 1.55 bits per heavy atom. The molecule has 0 saturated carbocycles. The Bertz CT molecular complexity index is 1020. The van der Waals surface area contributed by atoms with E-state index in [4.69, 9.17) is 10.8 Å². The molecule has 2 aromatic carbocycles. The van der Waals surface area contributed by atoms with Crippen molar-refractivity contribution < 1.29 is 33.0 Å². The fraction of sp³-hybridized carbons (Fsp3) is 0.211. The topological polar surface area (TPSA) is 164 Å². The highest BCUT2D eigenvalue weighted by Crippen LogP contribution is 2.24. The van der Waals surface area contributed by atoms with Crippen LogP contribution in [0.3, 0.4) is 0 Å². The molecule has 0 radical (unpaired) electrons. The van der Waals surface area contributed by atoms with E-state index < -0.39 is 46.2 Å². The molecule has 29 heavy (non-hydrogen) atoms. The first kappa shape index (κ1) is 22.1. The maximum Gasteiger partial charge on any atom is 0.320 e. The van der Waals surface area contributed by atoms with Crippen molar-refractivity contribution in [2.45, 2.75) is 30.2 Å². The first-order valence-electron chi connectivity index (χ1n) is 8.44. The first-order valence-corrected chi connectivity index (χ1v) is 9.93. The van der Waals surface area contributed by atoms with Crippen molar-refractivity contribution in [1.82, 2.24) is 4.72 Å². The molecule has 10 heteroatoms. The summed E-state index contributed by atoms with van der Waals surface area (Å²) in [6.45, 7) is 1.62. The zero-order valence-corrected chi connectivity index (χ0v) is 16.2. The minimum absolute atomic E-state index is 0.0201. The molecule has 0 aliphatic heterocycles. The van der Waals surface area contributed by atoms with Crippen LogP contribution < -0.4 is 10.5 Å². The molecule has 9 nitrogen and oxygen atoms in total. The van der Waals surface area contributed by atoms with Crippen LogP contribution >= 0.6 is 0 Å². The maximum atomic E-state index is 12.7. The largest absolute Gasteiger partial charge is 0.481 e. The van der Waals surface area contributed by atoms with Gasteiger partial charge in [-0.05, 0) is 29.7 Å². The molecular weight excluding hydrogens is 400 g/mol. The maximum absolute atomic E-state index is 12.7. The highest BCUT2D eigenvalue weighted by molar-refractivity contribution is 7.89. The molecule has 0 heterocycles. The van der Waals surface area contributed by atoms with Gasteiger partial charge in [0.05, 0.1) is 17.4 Å². The van der Waals surface area contributed by atoms with E-state index in [1.807, 2.05) is 0 Å². The van der Waals surface area contributed by atoms with Gasteiger partial charge >= 0.3 is 11.9 Å². The van der Waals surface area contributed by atoms with Crippen molar-refractivity contribution >= 4 is 27.9 Å². The minimum Gasteiger partial charge on any atom is -0.481 e. The number of carboxylic acids is 2. The van der Waals surface area contributed by atoms with Crippen LogP contribution in [0.15, 0.2) is 53.4 Å². The van der Waals surface area contributed by atoms with E-state index in [1.165, 1.54) is 30.3 Å². The molecule has 0 aliphatic rings. The van der Waals surface area contributed by atoms with Gasteiger partial charge in [-0.1, -0.05) is 42.5 Å². The lowest BCUT2D eigenvalue weighted by atomic mass is 9.95.